The van der Waals surface area contributed by atoms with Gasteiger partial charge in [-0.25, -0.2) is 0 Å². The maximum atomic E-state index is 13.9. The molecule has 1 atom stereocenters. The Labute approximate surface area is 219 Å². The van der Waals surface area contributed by atoms with E-state index in [0.717, 1.165) is 15.0 Å². The van der Waals surface area contributed by atoms with Crippen LogP contribution in [0.25, 0.3) is 4.96 Å². The fraction of sp³-hybridized carbons (Fsp3) is 0.259. The van der Waals surface area contributed by atoms with Crippen LogP contribution in [0, 0.1) is 5.41 Å². The summed E-state index contributed by atoms with van der Waals surface area (Å²) in [6.07, 6.45) is 1.42. The molecule has 1 aliphatic heterocycles. The Morgan fingerprint density at radius 1 is 1.17 bits per heavy atom. The monoisotopic (exact) mass is 563 g/mol. The van der Waals surface area contributed by atoms with Crippen LogP contribution in [0.3, 0.4) is 0 Å². The van der Waals surface area contributed by atoms with Gasteiger partial charge in [0, 0.05) is 34.9 Å². The van der Waals surface area contributed by atoms with Crippen LogP contribution in [0.2, 0.25) is 0 Å². The number of carbonyl (C=O) groups is 1. The smallest absolute Gasteiger partial charge is 0.283 e. The number of phenolic OH excluding ortho intramolecular Hbond substituents is 1. The highest BCUT2D eigenvalue weighted by Crippen LogP contribution is 2.50. The number of ketones is 1. The van der Waals surface area contributed by atoms with E-state index in [1.54, 1.807) is 18.2 Å². The van der Waals surface area contributed by atoms with Gasteiger partial charge in [0.1, 0.15) is 16.5 Å². The number of nitrogens with zero attached hydrogens (tertiary/aromatic N) is 3. The predicted molar refractivity (Wildman–Crippen MR) is 140 cm³/mol. The van der Waals surface area contributed by atoms with Gasteiger partial charge < -0.3 is 9.84 Å². The number of hydrogen-bond acceptors (Lipinski definition) is 7. The Hall–Kier alpha value is -3.30. The average molecular weight is 564 g/mol. The molecular formula is C27H22BrN3O4S. The van der Waals surface area contributed by atoms with Crippen molar-refractivity contribution in [1.82, 2.24) is 14.6 Å². The van der Waals surface area contributed by atoms with E-state index in [1.165, 1.54) is 15.9 Å². The van der Waals surface area contributed by atoms with Crippen LogP contribution in [0.1, 0.15) is 54.3 Å². The lowest BCUT2D eigenvalue weighted by Gasteiger charge is -2.37. The van der Waals surface area contributed by atoms with Crippen LogP contribution in [0.5, 0.6) is 11.6 Å². The molecule has 0 saturated carbocycles. The second-order valence-corrected chi connectivity index (χ2v) is 12.0. The molecule has 2 aliphatic rings. The van der Waals surface area contributed by atoms with E-state index < -0.39 is 11.5 Å². The zero-order chi connectivity index (χ0) is 25.2. The van der Waals surface area contributed by atoms with Crippen LogP contribution in [-0.2, 0) is 11.2 Å². The molecule has 36 heavy (non-hydrogen) atoms. The zero-order valence-electron chi connectivity index (χ0n) is 19.6. The molecule has 1 unspecified atom stereocenters. The SMILES string of the molecule is CC1(C)CC(=O)C2=C(C1)Oc1nc3sc(Cc4ccccc4)nn3c(=O)c1C2c1cc(Br)ccc1O. The Balaban J connectivity index is 1.57. The highest BCUT2D eigenvalue weighted by Gasteiger charge is 2.45. The van der Waals surface area contributed by atoms with Gasteiger partial charge in [0.15, 0.2) is 5.78 Å². The van der Waals surface area contributed by atoms with Gasteiger partial charge in [0.2, 0.25) is 10.8 Å². The van der Waals surface area contributed by atoms with Gasteiger partial charge in [-0.05, 0) is 29.2 Å². The van der Waals surface area contributed by atoms with E-state index in [-0.39, 0.29) is 28.4 Å². The number of allylic oxidation sites excluding steroid dienone is 2. The number of phenols is 1. The van der Waals surface area contributed by atoms with E-state index in [1.807, 2.05) is 44.2 Å². The predicted octanol–water partition coefficient (Wildman–Crippen LogP) is 5.38. The zero-order valence-corrected chi connectivity index (χ0v) is 22.0. The van der Waals surface area contributed by atoms with Crippen LogP contribution in [-0.4, -0.2) is 25.5 Å². The normalized spacial score (nSPS) is 18.6. The van der Waals surface area contributed by atoms with Crippen molar-refractivity contribution in [3.8, 4) is 11.6 Å². The third-order valence-electron chi connectivity index (χ3n) is 6.63. The number of benzene rings is 2. The van der Waals surface area contributed by atoms with Crippen molar-refractivity contribution in [2.45, 2.75) is 39.0 Å². The van der Waals surface area contributed by atoms with Crippen molar-refractivity contribution in [3.05, 3.63) is 96.4 Å². The van der Waals surface area contributed by atoms with Crippen molar-refractivity contribution in [1.29, 1.82) is 0 Å². The minimum absolute atomic E-state index is 0.00641. The lowest BCUT2D eigenvalue weighted by atomic mass is 9.70. The molecule has 3 heterocycles. The minimum atomic E-state index is -0.805. The van der Waals surface area contributed by atoms with Gasteiger partial charge in [-0.2, -0.15) is 14.6 Å². The van der Waals surface area contributed by atoms with Crippen molar-refractivity contribution < 1.29 is 14.6 Å². The first-order valence-corrected chi connectivity index (χ1v) is 13.2. The quantitative estimate of drug-likeness (QED) is 0.359. The van der Waals surface area contributed by atoms with Gasteiger partial charge >= 0.3 is 0 Å². The van der Waals surface area contributed by atoms with Crippen molar-refractivity contribution >= 4 is 38.0 Å². The number of Topliss-reactive ketones (excluding diaryl/α,β-unsaturated/α-hetero) is 1. The van der Waals surface area contributed by atoms with Crippen LogP contribution in [0.4, 0.5) is 0 Å². The first kappa shape index (κ1) is 23.1. The molecule has 0 amide bonds. The number of ether oxygens (including phenoxy) is 1. The first-order chi connectivity index (χ1) is 17.2. The molecule has 9 heteroatoms. The molecule has 2 aromatic carbocycles. The molecule has 6 rings (SSSR count). The lowest BCUT2D eigenvalue weighted by molar-refractivity contribution is -0.118. The third kappa shape index (κ3) is 3.87. The molecule has 1 N–H and O–H groups in total. The summed E-state index contributed by atoms with van der Waals surface area (Å²) in [5.74, 6) is -0.222. The molecule has 7 nitrogen and oxygen atoms in total. The number of aromatic hydroxyl groups is 1. The summed E-state index contributed by atoms with van der Waals surface area (Å²) in [5, 5.41) is 16.1. The van der Waals surface area contributed by atoms with E-state index in [2.05, 4.69) is 26.0 Å². The number of fused-ring (bicyclic) bond motifs is 2. The third-order valence-corrected chi connectivity index (χ3v) is 8.03. The molecule has 4 aromatic rings. The molecule has 2 aromatic heterocycles. The van der Waals surface area contributed by atoms with Gasteiger partial charge in [0.25, 0.3) is 5.56 Å². The molecule has 0 saturated heterocycles. The summed E-state index contributed by atoms with van der Waals surface area (Å²) >= 11 is 4.80. The highest BCUT2D eigenvalue weighted by atomic mass is 79.9. The molecule has 0 spiro atoms. The van der Waals surface area contributed by atoms with Gasteiger partial charge in [-0.1, -0.05) is 71.4 Å². The molecule has 1 aliphatic carbocycles. The van der Waals surface area contributed by atoms with E-state index >= 15 is 0 Å². The van der Waals surface area contributed by atoms with E-state index in [0.29, 0.717) is 41.1 Å². The van der Waals surface area contributed by atoms with Crippen molar-refractivity contribution in [2.75, 3.05) is 0 Å². The topological polar surface area (TPSA) is 93.8 Å². The highest BCUT2D eigenvalue weighted by molar-refractivity contribution is 9.10. The Morgan fingerprint density at radius 3 is 2.72 bits per heavy atom. The van der Waals surface area contributed by atoms with Gasteiger partial charge in [-0.15, -0.1) is 0 Å². The van der Waals surface area contributed by atoms with Gasteiger partial charge in [0.05, 0.1) is 11.5 Å². The lowest BCUT2D eigenvalue weighted by Crippen LogP contribution is -2.36. The summed E-state index contributed by atoms with van der Waals surface area (Å²) in [5.41, 5.74) is 1.46. The maximum Gasteiger partial charge on any atom is 0.283 e. The fourth-order valence-corrected chi connectivity index (χ4v) is 6.35. The van der Waals surface area contributed by atoms with Gasteiger partial charge in [-0.3, -0.25) is 9.59 Å². The van der Waals surface area contributed by atoms with E-state index in [9.17, 15) is 14.7 Å². The van der Waals surface area contributed by atoms with E-state index in [4.69, 9.17) is 4.74 Å². The minimum Gasteiger partial charge on any atom is -0.508 e. The standard InChI is InChI=1S/C27H22BrN3O4S/c1-27(2)12-18(33)22-19(13-27)35-24-23(21(22)16-11-15(28)8-9-17(16)32)25(34)31-26(29-24)36-20(30-31)10-14-6-4-3-5-7-14/h3-9,11,21,32H,10,12-13H2,1-2H3. The maximum absolute atomic E-state index is 13.9. The average Bonchev–Trinajstić information content (AvgIpc) is 3.22. The summed E-state index contributed by atoms with van der Waals surface area (Å²) < 4.78 is 8.21. The number of aromatic nitrogens is 3. The molecule has 0 fully saturated rings. The van der Waals surface area contributed by atoms with Crippen molar-refractivity contribution in [2.24, 2.45) is 5.41 Å². The molecular weight excluding hydrogens is 542 g/mol. The Kier molecular flexibility index (Phi) is 5.38. The number of rotatable bonds is 3. The molecule has 0 radical (unpaired) electrons. The van der Waals surface area contributed by atoms with Crippen LogP contribution >= 0.6 is 27.3 Å². The molecule has 182 valence electrons. The number of carbonyl (C=O) groups excluding carboxylic acids is 1. The second kappa shape index (κ2) is 8.38. The number of hydrogen-bond donors (Lipinski definition) is 1. The molecule has 0 bridgehead atoms. The summed E-state index contributed by atoms with van der Waals surface area (Å²) in [6, 6.07) is 14.9. The fourth-order valence-electron chi connectivity index (χ4n) is 5.06. The van der Waals surface area contributed by atoms with Crippen molar-refractivity contribution in [3.63, 3.8) is 0 Å². The summed E-state index contributed by atoms with van der Waals surface area (Å²) in [4.78, 5) is 32.4. The largest absolute Gasteiger partial charge is 0.508 e. The second-order valence-electron chi connectivity index (χ2n) is 10.0. The first-order valence-electron chi connectivity index (χ1n) is 11.6. The Morgan fingerprint density at radius 2 is 1.94 bits per heavy atom. The Bertz CT molecular complexity index is 1640. The summed E-state index contributed by atoms with van der Waals surface area (Å²) in [7, 11) is 0. The summed E-state index contributed by atoms with van der Waals surface area (Å²) in [6.45, 7) is 4.04. The van der Waals surface area contributed by atoms with Crippen LogP contribution in [0.15, 0.2) is 69.1 Å². The number of halogens is 1. The van der Waals surface area contributed by atoms with Crippen LogP contribution < -0.4 is 10.3 Å².